The van der Waals surface area contributed by atoms with E-state index in [1.165, 1.54) is 11.1 Å². The molecular formula is C20H27N5O. The summed E-state index contributed by atoms with van der Waals surface area (Å²) in [4.78, 5) is 24.7. The van der Waals surface area contributed by atoms with E-state index in [1.807, 2.05) is 11.0 Å². The van der Waals surface area contributed by atoms with Crippen molar-refractivity contribution in [2.75, 3.05) is 36.4 Å². The molecule has 6 heteroatoms. The molecule has 0 aliphatic carbocycles. The Morgan fingerprint density at radius 2 is 1.88 bits per heavy atom. The van der Waals surface area contributed by atoms with Gasteiger partial charge in [-0.3, -0.25) is 4.79 Å². The van der Waals surface area contributed by atoms with Crippen molar-refractivity contribution in [1.29, 1.82) is 0 Å². The van der Waals surface area contributed by atoms with Crippen molar-refractivity contribution in [2.24, 2.45) is 0 Å². The molecule has 0 spiro atoms. The molecule has 1 N–H and O–H groups in total. The molecule has 1 fully saturated rings. The summed E-state index contributed by atoms with van der Waals surface area (Å²) in [7, 11) is 0. The normalized spacial score (nSPS) is 14.7. The highest BCUT2D eigenvalue weighted by Gasteiger charge is 2.20. The number of para-hydroxylation sites is 1. The topological polar surface area (TPSA) is 61.4 Å². The number of nitrogens with one attached hydrogen (secondary N) is 1. The average Bonchev–Trinajstić information content (AvgIpc) is 2.63. The number of rotatable bonds is 4. The van der Waals surface area contributed by atoms with Crippen molar-refractivity contribution >= 4 is 23.4 Å². The van der Waals surface area contributed by atoms with E-state index in [0.717, 1.165) is 37.7 Å². The molecule has 1 aliphatic heterocycles. The monoisotopic (exact) mass is 353 g/mol. The van der Waals surface area contributed by atoms with Gasteiger partial charge in [0.1, 0.15) is 5.82 Å². The second-order valence-corrected chi connectivity index (χ2v) is 7.05. The lowest BCUT2D eigenvalue weighted by Gasteiger charge is -2.34. The first kappa shape index (κ1) is 18.2. The number of aromatic nitrogens is 2. The Morgan fingerprint density at radius 1 is 1.15 bits per heavy atom. The first-order valence-corrected chi connectivity index (χ1v) is 9.15. The number of piperazine rings is 1. The molecule has 26 heavy (non-hydrogen) atoms. The van der Waals surface area contributed by atoms with E-state index in [0.29, 0.717) is 11.9 Å². The van der Waals surface area contributed by atoms with Crippen LogP contribution in [0.5, 0.6) is 0 Å². The Hall–Kier alpha value is -2.63. The van der Waals surface area contributed by atoms with Crippen LogP contribution in [0, 0.1) is 6.92 Å². The molecule has 0 radical (unpaired) electrons. The lowest BCUT2D eigenvalue weighted by molar-refractivity contribution is -0.129. The van der Waals surface area contributed by atoms with Crippen molar-refractivity contribution in [1.82, 2.24) is 14.9 Å². The number of benzene rings is 1. The Labute approximate surface area is 155 Å². The number of carbonyl (C=O) groups excluding carboxylic acids is 1. The highest BCUT2D eigenvalue weighted by molar-refractivity contribution is 5.73. The molecule has 0 unspecified atom stereocenters. The maximum atomic E-state index is 11.5. The van der Waals surface area contributed by atoms with Gasteiger partial charge < -0.3 is 15.1 Å². The van der Waals surface area contributed by atoms with Gasteiger partial charge >= 0.3 is 0 Å². The largest absolute Gasteiger partial charge is 0.353 e. The Balaban J connectivity index is 1.78. The lowest BCUT2D eigenvalue weighted by Crippen LogP contribution is -2.48. The molecular weight excluding hydrogens is 326 g/mol. The number of hydrogen-bond acceptors (Lipinski definition) is 5. The third-order valence-corrected chi connectivity index (χ3v) is 4.85. The quantitative estimate of drug-likeness (QED) is 0.914. The molecule has 2 heterocycles. The van der Waals surface area contributed by atoms with E-state index in [4.69, 9.17) is 4.98 Å². The second-order valence-electron chi connectivity index (χ2n) is 7.05. The molecule has 0 bridgehead atoms. The van der Waals surface area contributed by atoms with Crippen LogP contribution >= 0.6 is 0 Å². The van der Waals surface area contributed by atoms with Crippen molar-refractivity contribution in [2.45, 2.75) is 33.6 Å². The maximum absolute atomic E-state index is 11.5. The van der Waals surface area contributed by atoms with Crippen LogP contribution in [0.15, 0.2) is 30.5 Å². The zero-order valence-corrected chi connectivity index (χ0v) is 16.0. The number of aryl methyl sites for hydroxylation is 1. The smallest absolute Gasteiger partial charge is 0.229 e. The van der Waals surface area contributed by atoms with Crippen LogP contribution in [0.4, 0.5) is 17.5 Å². The maximum Gasteiger partial charge on any atom is 0.229 e. The van der Waals surface area contributed by atoms with Crippen LogP contribution in [0.3, 0.4) is 0 Å². The highest BCUT2D eigenvalue weighted by Crippen LogP contribution is 2.29. The van der Waals surface area contributed by atoms with Crippen LogP contribution in [0.2, 0.25) is 0 Å². The summed E-state index contributed by atoms with van der Waals surface area (Å²) in [6, 6.07) is 8.25. The molecule has 0 atom stereocenters. The van der Waals surface area contributed by atoms with E-state index in [1.54, 1.807) is 13.1 Å². The van der Waals surface area contributed by atoms with Gasteiger partial charge in [0.2, 0.25) is 11.9 Å². The molecule has 2 aromatic rings. The van der Waals surface area contributed by atoms with Gasteiger partial charge in [-0.05, 0) is 30.0 Å². The second kappa shape index (κ2) is 7.72. The molecule has 3 rings (SSSR count). The lowest BCUT2D eigenvalue weighted by atomic mass is 9.98. The Kier molecular flexibility index (Phi) is 5.40. The van der Waals surface area contributed by atoms with Crippen LogP contribution in [-0.4, -0.2) is 47.0 Å². The van der Waals surface area contributed by atoms with E-state index in [2.05, 4.69) is 54.2 Å². The van der Waals surface area contributed by atoms with Gasteiger partial charge in [0, 0.05) is 45.0 Å². The standard InChI is InChI=1S/C20H27N5O/c1-14(2)17-7-5-6-15(3)19(17)23-20-21-9-8-18(22-20)25-12-10-24(11-13-25)16(4)26/h5-9,14H,10-13H2,1-4H3,(H,21,22,23). The minimum absolute atomic E-state index is 0.135. The zero-order chi connectivity index (χ0) is 18.7. The van der Waals surface area contributed by atoms with E-state index >= 15 is 0 Å². The van der Waals surface area contributed by atoms with Gasteiger partial charge in [-0.2, -0.15) is 4.98 Å². The molecule has 1 aromatic heterocycles. The minimum atomic E-state index is 0.135. The fraction of sp³-hybridized carbons (Fsp3) is 0.450. The zero-order valence-electron chi connectivity index (χ0n) is 16.0. The van der Waals surface area contributed by atoms with Crippen molar-refractivity contribution in [3.8, 4) is 0 Å². The summed E-state index contributed by atoms with van der Waals surface area (Å²) in [5.41, 5.74) is 3.52. The van der Waals surface area contributed by atoms with Crippen molar-refractivity contribution < 1.29 is 4.79 Å². The van der Waals surface area contributed by atoms with Crippen LogP contribution < -0.4 is 10.2 Å². The summed E-state index contributed by atoms with van der Waals surface area (Å²) < 4.78 is 0. The van der Waals surface area contributed by atoms with Gasteiger partial charge in [-0.1, -0.05) is 32.0 Å². The van der Waals surface area contributed by atoms with Gasteiger partial charge in [0.05, 0.1) is 0 Å². The van der Waals surface area contributed by atoms with E-state index < -0.39 is 0 Å². The fourth-order valence-electron chi connectivity index (χ4n) is 3.29. The average molecular weight is 353 g/mol. The van der Waals surface area contributed by atoms with E-state index in [9.17, 15) is 4.79 Å². The van der Waals surface area contributed by atoms with Crippen LogP contribution in [-0.2, 0) is 4.79 Å². The SMILES string of the molecule is CC(=O)N1CCN(c2ccnc(Nc3c(C)cccc3C(C)C)n2)CC1. The molecule has 1 amide bonds. The summed E-state index contributed by atoms with van der Waals surface area (Å²) in [5.74, 6) is 2.05. The summed E-state index contributed by atoms with van der Waals surface area (Å²) in [6.45, 7) is 11.1. The first-order chi connectivity index (χ1) is 12.5. The number of anilines is 3. The van der Waals surface area contributed by atoms with Gasteiger partial charge in [-0.15, -0.1) is 0 Å². The first-order valence-electron chi connectivity index (χ1n) is 9.15. The van der Waals surface area contributed by atoms with Crippen molar-refractivity contribution in [3.05, 3.63) is 41.6 Å². The Morgan fingerprint density at radius 3 is 2.54 bits per heavy atom. The number of hydrogen-bond donors (Lipinski definition) is 1. The Bertz CT molecular complexity index is 782. The molecule has 6 nitrogen and oxygen atoms in total. The molecule has 1 aliphatic rings. The molecule has 1 saturated heterocycles. The predicted octanol–water partition coefficient (Wildman–Crippen LogP) is 3.32. The third kappa shape index (κ3) is 3.95. The summed E-state index contributed by atoms with van der Waals surface area (Å²) in [6.07, 6.45) is 1.79. The summed E-state index contributed by atoms with van der Waals surface area (Å²) >= 11 is 0. The van der Waals surface area contributed by atoms with Gasteiger partial charge in [0.15, 0.2) is 0 Å². The highest BCUT2D eigenvalue weighted by atomic mass is 16.2. The van der Waals surface area contributed by atoms with E-state index in [-0.39, 0.29) is 5.91 Å². The van der Waals surface area contributed by atoms with Gasteiger partial charge in [-0.25, -0.2) is 4.98 Å². The van der Waals surface area contributed by atoms with Crippen molar-refractivity contribution in [3.63, 3.8) is 0 Å². The number of carbonyl (C=O) groups is 1. The number of amides is 1. The molecule has 0 saturated carbocycles. The van der Waals surface area contributed by atoms with Crippen LogP contribution in [0.1, 0.15) is 37.8 Å². The van der Waals surface area contributed by atoms with Gasteiger partial charge in [0.25, 0.3) is 0 Å². The number of nitrogens with zero attached hydrogens (tertiary/aromatic N) is 4. The minimum Gasteiger partial charge on any atom is -0.353 e. The molecule has 138 valence electrons. The molecule has 1 aromatic carbocycles. The summed E-state index contributed by atoms with van der Waals surface area (Å²) in [5, 5.41) is 3.42. The predicted molar refractivity (Wildman–Crippen MR) is 105 cm³/mol. The third-order valence-electron chi connectivity index (χ3n) is 4.85. The van der Waals surface area contributed by atoms with Crippen LogP contribution in [0.25, 0.3) is 0 Å². The fourth-order valence-corrected chi connectivity index (χ4v) is 3.29.